The van der Waals surface area contributed by atoms with Crippen LogP contribution in [0.5, 0.6) is 0 Å². The van der Waals surface area contributed by atoms with Gasteiger partial charge in [0.2, 0.25) is 0 Å². The summed E-state index contributed by atoms with van der Waals surface area (Å²) in [6.45, 7) is 0. The van der Waals surface area contributed by atoms with Crippen LogP contribution in [0.4, 0.5) is 0 Å². The van der Waals surface area contributed by atoms with Gasteiger partial charge in [-0.05, 0) is 105 Å². The zero-order valence-electron chi connectivity index (χ0n) is 49.1. The maximum absolute atomic E-state index is 10.1. The Morgan fingerprint density at radius 3 is 1.61 bits per heavy atom. The van der Waals surface area contributed by atoms with Crippen molar-refractivity contribution in [1.82, 2.24) is 0 Å². The van der Waals surface area contributed by atoms with E-state index in [9.17, 15) is 12.3 Å². The molecular formula is C44H28. The number of fused-ring (bicyclic) bond motifs is 5. The summed E-state index contributed by atoms with van der Waals surface area (Å²) >= 11 is 0. The van der Waals surface area contributed by atoms with E-state index < -0.39 is 250 Å². The Balaban J connectivity index is 1.70. The molecule has 0 spiro atoms. The highest BCUT2D eigenvalue weighted by Gasteiger charge is 2.19. The van der Waals surface area contributed by atoms with Crippen molar-refractivity contribution in [3.63, 3.8) is 0 Å². The van der Waals surface area contributed by atoms with Gasteiger partial charge in [0.25, 0.3) is 0 Å². The van der Waals surface area contributed by atoms with Crippen LogP contribution < -0.4 is 0 Å². The second kappa shape index (κ2) is 9.93. The summed E-state index contributed by atoms with van der Waals surface area (Å²) in [5.74, 6) is 0. The van der Waals surface area contributed by atoms with Crippen molar-refractivity contribution in [1.29, 1.82) is 0 Å². The molecular weight excluding hydrogens is 528 g/mol. The first-order chi connectivity index (χ1) is 33.1. The van der Waals surface area contributed by atoms with Crippen LogP contribution in [-0.2, 0) is 0 Å². The Morgan fingerprint density at radius 2 is 0.841 bits per heavy atom. The maximum Gasteiger partial charge on any atom is 0.0636 e. The average molecular weight is 584 g/mol. The van der Waals surface area contributed by atoms with Crippen molar-refractivity contribution in [2.45, 2.75) is 0 Å². The lowest BCUT2D eigenvalue weighted by molar-refractivity contribution is 1.66. The molecule has 0 fully saturated rings. The molecule has 9 aromatic rings. The average Bonchev–Trinajstić information content (AvgIpc) is 3.33. The van der Waals surface area contributed by atoms with E-state index in [0.717, 1.165) is 6.07 Å². The monoisotopic (exact) mass is 583 g/mol. The maximum atomic E-state index is 10.1. The molecule has 0 bridgehead atoms. The van der Waals surface area contributed by atoms with E-state index in [2.05, 4.69) is 0 Å². The summed E-state index contributed by atoms with van der Waals surface area (Å²) in [5.41, 5.74) is -4.37. The standard InChI is InChI=1S/C44H28/c1-3-13-32-26-34(22-20-29(32)10-1)35-24-25-41-42(28-35)44(38-19-9-15-31-12-5-6-16-37(31)38)40-18-8-7-17-39(40)43(41)36-23-21-30-11-2-4-14-33(30)27-36/h1-28H/i1D,2D,3D,4D,5D,6D,7D,8D,9D,10D,11D,12D,13D,14D,15D,16D,17D,18D,19D,20D,21D,23D,24D,25D,26D,27D,28D. The molecule has 9 rings (SSSR count). The summed E-state index contributed by atoms with van der Waals surface area (Å²) < 4.78 is 243. The highest BCUT2D eigenvalue weighted by molar-refractivity contribution is 6.24. The Morgan fingerprint density at radius 1 is 0.295 bits per heavy atom. The third-order valence-corrected chi connectivity index (χ3v) is 7.14. The number of benzene rings is 9. The van der Waals surface area contributed by atoms with Crippen LogP contribution in [0.15, 0.2) is 169 Å². The predicted octanol–water partition coefficient (Wildman–Crippen LogP) is 12.5. The molecule has 9 aromatic carbocycles. The fourth-order valence-electron chi connectivity index (χ4n) is 5.22. The zero-order chi connectivity index (χ0) is 52.5. The molecule has 0 heterocycles. The molecule has 0 atom stereocenters. The number of rotatable bonds is 3. The van der Waals surface area contributed by atoms with E-state index in [-0.39, 0.29) is 0 Å². The Kier molecular flexibility index (Phi) is 2.24. The lowest BCUT2D eigenvalue weighted by atomic mass is 9.83. The number of hydrogen-bond donors (Lipinski definition) is 0. The second-order valence-corrected chi connectivity index (χ2v) is 9.58. The molecule has 0 amide bonds. The minimum absolute atomic E-state index is 0.427. The minimum atomic E-state index is -1.04. The highest BCUT2D eigenvalue weighted by atomic mass is 14.2. The first-order valence-electron chi connectivity index (χ1n) is 26.6. The van der Waals surface area contributed by atoms with E-state index in [0.29, 0.717) is 0 Å². The van der Waals surface area contributed by atoms with Gasteiger partial charge in [-0.3, -0.25) is 0 Å². The Labute approximate surface area is 294 Å². The fraction of sp³-hybridized carbons (Fsp3) is 0. The quantitative estimate of drug-likeness (QED) is 0.181. The van der Waals surface area contributed by atoms with Gasteiger partial charge in [-0.25, -0.2) is 0 Å². The summed E-state index contributed by atoms with van der Waals surface area (Å²) in [5, 5.41) is -6.60. The molecule has 0 aromatic heterocycles. The van der Waals surface area contributed by atoms with Crippen LogP contribution in [0.2, 0.25) is 0 Å². The van der Waals surface area contributed by atoms with Crippen LogP contribution in [0.3, 0.4) is 0 Å². The molecule has 0 N–H and O–H groups in total. The molecule has 0 saturated heterocycles. The largest absolute Gasteiger partial charge is 0.0636 e. The van der Waals surface area contributed by atoms with Crippen molar-refractivity contribution in [2.75, 3.05) is 0 Å². The molecule has 0 unspecified atom stereocenters. The van der Waals surface area contributed by atoms with Gasteiger partial charge in [0.05, 0.1) is 37.0 Å². The zero-order valence-corrected chi connectivity index (χ0v) is 22.1. The van der Waals surface area contributed by atoms with Crippen molar-refractivity contribution in [3.8, 4) is 33.4 Å². The topological polar surface area (TPSA) is 0 Å². The molecule has 204 valence electrons. The molecule has 0 aliphatic rings. The van der Waals surface area contributed by atoms with E-state index in [1.165, 1.54) is 0 Å². The Bertz CT molecular complexity index is 4060. The molecule has 44 heavy (non-hydrogen) atoms. The van der Waals surface area contributed by atoms with Gasteiger partial charge in [-0.2, -0.15) is 0 Å². The van der Waals surface area contributed by atoms with E-state index >= 15 is 0 Å². The van der Waals surface area contributed by atoms with Crippen molar-refractivity contribution in [2.24, 2.45) is 0 Å². The summed E-state index contributed by atoms with van der Waals surface area (Å²) in [6, 6.07) is -23.4. The van der Waals surface area contributed by atoms with Crippen molar-refractivity contribution >= 4 is 53.9 Å². The van der Waals surface area contributed by atoms with Gasteiger partial charge >= 0.3 is 0 Å². The normalized spacial score (nSPS) is 20.2. The van der Waals surface area contributed by atoms with E-state index in [1.807, 2.05) is 0 Å². The van der Waals surface area contributed by atoms with E-state index in [4.69, 9.17) is 24.7 Å². The minimum Gasteiger partial charge on any atom is -0.0616 e. The van der Waals surface area contributed by atoms with Gasteiger partial charge in [0.1, 0.15) is 0 Å². The van der Waals surface area contributed by atoms with Crippen molar-refractivity contribution < 1.29 is 37.0 Å². The molecule has 0 heteroatoms. The molecule has 0 nitrogen and oxygen atoms in total. The predicted molar refractivity (Wildman–Crippen MR) is 190 cm³/mol. The first-order valence-corrected chi connectivity index (χ1v) is 13.1. The van der Waals surface area contributed by atoms with Crippen LogP contribution >= 0.6 is 0 Å². The van der Waals surface area contributed by atoms with Gasteiger partial charge in [-0.1, -0.05) is 151 Å². The SMILES string of the molecule is [2H]c1c([2H])c([2H])c2c([2H])c(-c3c([2H])c([2H])c4c(-c5c([2H])c([2H])c6c([2H])c([2H])c([2H])c([2H])c6c5[2H])c5c([2H])c([2H])c([2H])c([2H])c5c(-c5c([2H])c([2H])c([2H])c6c([2H])c([2H])c([2H])c([2H])c56)c4c3[2H])cc([2H])c2c1[2H]. The second-order valence-electron chi connectivity index (χ2n) is 9.58. The number of hydrogen-bond acceptors (Lipinski definition) is 0. The first kappa shape index (κ1) is 9.91. The van der Waals surface area contributed by atoms with Crippen LogP contribution in [0.1, 0.15) is 37.0 Å². The van der Waals surface area contributed by atoms with Crippen LogP contribution in [0, 0.1) is 0 Å². The summed E-state index contributed by atoms with van der Waals surface area (Å²) in [4.78, 5) is 0. The van der Waals surface area contributed by atoms with Crippen LogP contribution in [-0.4, -0.2) is 0 Å². The Hall–Kier alpha value is -5.72. The van der Waals surface area contributed by atoms with Crippen LogP contribution in [0.25, 0.3) is 87.2 Å². The van der Waals surface area contributed by atoms with Gasteiger partial charge < -0.3 is 0 Å². The third-order valence-electron chi connectivity index (χ3n) is 7.14. The molecule has 0 aliphatic heterocycles. The fourth-order valence-corrected chi connectivity index (χ4v) is 5.22. The smallest absolute Gasteiger partial charge is 0.0616 e. The lowest BCUT2D eigenvalue weighted by Crippen LogP contribution is -1.92. The van der Waals surface area contributed by atoms with Gasteiger partial charge in [-0.15, -0.1) is 0 Å². The molecule has 0 aliphatic carbocycles. The van der Waals surface area contributed by atoms with E-state index in [1.54, 1.807) is 0 Å². The van der Waals surface area contributed by atoms with Crippen molar-refractivity contribution in [3.05, 3.63) is 169 Å². The van der Waals surface area contributed by atoms with Gasteiger partial charge in [0.15, 0.2) is 0 Å². The summed E-state index contributed by atoms with van der Waals surface area (Å²) in [6.07, 6.45) is 0. The van der Waals surface area contributed by atoms with Gasteiger partial charge in [0, 0.05) is 0 Å². The molecule has 0 saturated carbocycles. The third kappa shape index (κ3) is 3.92. The molecule has 0 radical (unpaired) electrons. The highest BCUT2D eigenvalue weighted by Crippen LogP contribution is 2.46. The lowest BCUT2D eigenvalue weighted by Gasteiger charge is -2.20. The summed E-state index contributed by atoms with van der Waals surface area (Å²) in [7, 11) is 0.